The summed E-state index contributed by atoms with van der Waals surface area (Å²) in [4.78, 5) is 11.7. The molecule has 0 atom stereocenters. The summed E-state index contributed by atoms with van der Waals surface area (Å²) >= 11 is 0. The molecule has 1 aromatic heterocycles. The normalized spacial score (nSPS) is 12.0. The number of hydrogen-bond donors (Lipinski definition) is 1. The molecule has 0 saturated carbocycles. The Balaban J connectivity index is 0.000000479. The standard InChI is InChI=1S/C23H24F3N3O3S.C12H28N/c1-3-7-20-19(22(15-30)29(4-2)27-20)14-16-10-12-17(13-11-16)18-8-5-6-9-21(18)28-33(31,32)23(24,25)26;1-5-9-13(10-6-2,11-7-3)12-8-4/h5-6,8-13,15,28H,3-4,7,14H2,1-2H3;5-12H2,1-4H3/q;+1. The second-order valence-electron chi connectivity index (χ2n) is 11.7. The third-order valence-electron chi connectivity index (χ3n) is 7.99. The maximum Gasteiger partial charge on any atom is 0.516 e. The third kappa shape index (κ3) is 10.4. The number of rotatable bonds is 17. The van der Waals surface area contributed by atoms with Crippen molar-refractivity contribution in [2.75, 3.05) is 30.9 Å². The lowest BCUT2D eigenvalue weighted by Gasteiger charge is -2.38. The van der Waals surface area contributed by atoms with E-state index in [-0.39, 0.29) is 5.69 Å². The summed E-state index contributed by atoms with van der Waals surface area (Å²) in [5.74, 6) is 0. The van der Waals surface area contributed by atoms with E-state index in [9.17, 15) is 26.4 Å². The van der Waals surface area contributed by atoms with Crippen LogP contribution in [0.1, 0.15) is 101 Å². The van der Waals surface area contributed by atoms with Gasteiger partial charge in [-0.1, -0.05) is 83.5 Å². The van der Waals surface area contributed by atoms with E-state index in [4.69, 9.17) is 0 Å². The van der Waals surface area contributed by atoms with Gasteiger partial charge in [0.1, 0.15) is 5.69 Å². The van der Waals surface area contributed by atoms with Crippen molar-refractivity contribution >= 4 is 22.0 Å². The molecule has 0 amide bonds. The number of aldehydes is 1. The first-order valence-electron chi connectivity index (χ1n) is 16.5. The zero-order valence-electron chi connectivity index (χ0n) is 28.3. The number of halogens is 3. The quantitative estimate of drug-likeness (QED) is 0.116. The minimum Gasteiger partial charge on any atom is -0.324 e. The number of alkyl halides is 3. The zero-order chi connectivity index (χ0) is 34.4. The highest BCUT2D eigenvalue weighted by molar-refractivity contribution is 7.93. The molecule has 256 valence electrons. The molecule has 2 aromatic carbocycles. The molecule has 0 fully saturated rings. The average Bonchev–Trinajstić information content (AvgIpc) is 3.34. The molecule has 0 bridgehead atoms. The lowest BCUT2D eigenvalue weighted by molar-refractivity contribution is -0.928. The van der Waals surface area contributed by atoms with Crippen LogP contribution in [0.25, 0.3) is 11.1 Å². The second kappa shape index (κ2) is 18.2. The molecule has 0 unspecified atom stereocenters. The predicted octanol–water partition coefficient (Wildman–Crippen LogP) is 8.63. The molecule has 0 aliphatic carbocycles. The lowest BCUT2D eigenvalue weighted by atomic mass is 9.97. The number of sulfonamides is 1. The van der Waals surface area contributed by atoms with Gasteiger partial charge in [0, 0.05) is 24.1 Å². The summed E-state index contributed by atoms with van der Waals surface area (Å²) in [6.07, 6.45) is 8.25. The predicted molar refractivity (Wildman–Crippen MR) is 181 cm³/mol. The Morgan fingerprint density at radius 1 is 0.826 bits per heavy atom. The Morgan fingerprint density at radius 2 is 1.37 bits per heavy atom. The number of quaternary nitrogens is 1. The van der Waals surface area contributed by atoms with Gasteiger partial charge in [-0.25, -0.2) is 0 Å². The van der Waals surface area contributed by atoms with Crippen molar-refractivity contribution < 1.29 is 30.9 Å². The van der Waals surface area contributed by atoms with E-state index in [2.05, 4.69) is 32.8 Å². The van der Waals surface area contributed by atoms with Crippen molar-refractivity contribution in [3.63, 3.8) is 0 Å². The summed E-state index contributed by atoms with van der Waals surface area (Å²) in [5, 5.41) is 4.54. The molecular formula is C35H52F3N4O3S+. The molecular weight excluding hydrogens is 613 g/mol. The molecule has 1 heterocycles. The van der Waals surface area contributed by atoms with Crippen LogP contribution in [0.15, 0.2) is 48.5 Å². The maximum absolute atomic E-state index is 12.8. The van der Waals surface area contributed by atoms with Crippen LogP contribution < -0.4 is 4.72 Å². The van der Waals surface area contributed by atoms with Crippen LogP contribution in [0, 0.1) is 0 Å². The van der Waals surface area contributed by atoms with Crippen LogP contribution in [0.4, 0.5) is 18.9 Å². The minimum absolute atomic E-state index is 0.166. The molecule has 1 N–H and O–H groups in total. The first-order chi connectivity index (χ1) is 21.8. The first kappa shape index (κ1) is 39.0. The van der Waals surface area contributed by atoms with Crippen molar-refractivity contribution in [1.29, 1.82) is 0 Å². The molecule has 0 saturated heterocycles. The van der Waals surface area contributed by atoms with E-state index in [1.54, 1.807) is 45.8 Å². The number of anilines is 1. The van der Waals surface area contributed by atoms with Crippen LogP contribution >= 0.6 is 0 Å². The van der Waals surface area contributed by atoms with E-state index in [0.717, 1.165) is 35.9 Å². The van der Waals surface area contributed by atoms with Gasteiger partial charge >= 0.3 is 15.5 Å². The second-order valence-corrected chi connectivity index (χ2v) is 13.4. The van der Waals surface area contributed by atoms with Crippen molar-refractivity contribution in [1.82, 2.24) is 9.78 Å². The van der Waals surface area contributed by atoms with Gasteiger partial charge in [0.05, 0.1) is 37.6 Å². The molecule has 11 heteroatoms. The van der Waals surface area contributed by atoms with Crippen molar-refractivity contribution in [2.24, 2.45) is 0 Å². The summed E-state index contributed by atoms with van der Waals surface area (Å²) in [6.45, 7) is 19.3. The van der Waals surface area contributed by atoms with Crippen LogP contribution in [-0.4, -0.2) is 60.7 Å². The van der Waals surface area contributed by atoms with E-state index in [1.165, 1.54) is 68.5 Å². The number of benzene rings is 2. The lowest BCUT2D eigenvalue weighted by Crippen LogP contribution is -2.50. The fourth-order valence-electron chi connectivity index (χ4n) is 6.17. The van der Waals surface area contributed by atoms with Gasteiger partial charge in [0.2, 0.25) is 0 Å². The third-order valence-corrected chi connectivity index (χ3v) is 9.09. The number of nitrogens with one attached hydrogen (secondary N) is 1. The number of carbonyl (C=O) groups is 1. The number of para-hydroxylation sites is 1. The van der Waals surface area contributed by atoms with Crippen molar-refractivity contribution in [3.05, 3.63) is 71.0 Å². The van der Waals surface area contributed by atoms with E-state index in [0.29, 0.717) is 29.8 Å². The van der Waals surface area contributed by atoms with E-state index < -0.39 is 15.5 Å². The summed E-state index contributed by atoms with van der Waals surface area (Å²) in [6, 6.07) is 12.9. The highest BCUT2D eigenvalue weighted by Crippen LogP contribution is 2.32. The zero-order valence-corrected chi connectivity index (χ0v) is 29.1. The summed E-state index contributed by atoms with van der Waals surface area (Å²) in [5.41, 5.74) is -1.55. The van der Waals surface area contributed by atoms with Crippen LogP contribution in [-0.2, 0) is 29.4 Å². The Hall–Kier alpha value is -3.18. The molecule has 0 aliphatic heterocycles. The monoisotopic (exact) mass is 665 g/mol. The maximum atomic E-state index is 12.8. The number of nitrogens with zero attached hydrogens (tertiary/aromatic N) is 3. The molecule has 3 aromatic rings. The fraction of sp³-hybridized carbons (Fsp3) is 0.543. The summed E-state index contributed by atoms with van der Waals surface area (Å²) in [7, 11) is -5.54. The average molecular weight is 666 g/mol. The SMILES string of the molecule is CCC[N+](CCC)(CCC)CCC.CCCc1nn(CC)c(C=O)c1Cc1ccc(-c2ccccc2NS(=O)(=O)C(F)(F)F)cc1. The number of aromatic nitrogens is 2. The van der Waals surface area contributed by atoms with Crippen LogP contribution in [0.5, 0.6) is 0 Å². The molecule has 3 rings (SSSR count). The first-order valence-corrected chi connectivity index (χ1v) is 18.0. The fourth-order valence-corrected chi connectivity index (χ4v) is 6.75. The van der Waals surface area contributed by atoms with Crippen molar-refractivity contribution in [3.8, 4) is 11.1 Å². The number of hydrogen-bond acceptors (Lipinski definition) is 4. The number of aryl methyl sites for hydroxylation is 2. The van der Waals surface area contributed by atoms with Gasteiger partial charge in [-0.05, 0) is 56.2 Å². The van der Waals surface area contributed by atoms with Gasteiger partial charge in [-0.15, -0.1) is 0 Å². The highest BCUT2D eigenvalue weighted by Gasteiger charge is 2.46. The van der Waals surface area contributed by atoms with Gasteiger partial charge in [-0.2, -0.15) is 26.7 Å². The smallest absolute Gasteiger partial charge is 0.324 e. The molecule has 0 aliphatic rings. The minimum atomic E-state index is -5.54. The van der Waals surface area contributed by atoms with Gasteiger partial charge in [-0.3, -0.25) is 14.2 Å². The van der Waals surface area contributed by atoms with Gasteiger partial charge in [0.15, 0.2) is 6.29 Å². The molecule has 46 heavy (non-hydrogen) atoms. The van der Waals surface area contributed by atoms with Gasteiger partial charge in [0.25, 0.3) is 0 Å². The topological polar surface area (TPSA) is 81.1 Å². The molecule has 7 nitrogen and oxygen atoms in total. The Kier molecular flexibility index (Phi) is 15.5. The molecule has 0 radical (unpaired) electrons. The van der Waals surface area contributed by atoms with Crippen LogP contribution in [0.3, 0.4) is 0 Å². The van der Waals surface area contributed by atoms with E-state index >= 15 is 0 Å². The molecule has 0 spiro atoms. The van der Waals surface area contributed by atoms with Gasteiger partial charge < -0.3 is 4.48 Å². The largest absolute Gasteiger partial charge is 0.516 e. The Morgan fingerprint density at radius 3 is 1.83 bits per heavy atom. The Labute approximate surface area is 273 Å². The Bertz CT molecular complexity index is 1440. The summed E-state index contributed by atoms with van der Waals surface area (Å²) < 4.78 is 66.2. The number of carbonyl (C=O) groups excluding carboxylic acids is 1. The van der Waals surface area contributed by atoms with E-state index in [1.807, 2.05) is 13.8 Å². The van der Waals surface area contributed by atoms with Crippen molar-refractivity contribution in [2.45, 2.75) is 98.5 Å². The highest BCUT2D eigenvalue weighted by atomic mass is 32.2. The van der Waals surface area contributed by atoms with Crippen LogP contribution in [0.2, 0.25) is 0 Å².